The quantitative estimate of drug-likeness (QED) is 0.0315. The van der Waals surface area contributed by atoms with Crippen molar-refractivity contribution in [2.75, 3.05) is 276 Å². The van der Waals surface area contributed by atoms with Crippen LogP contribution in [0.2, 0.25) is 0 Å². The highest BCUT2D eigenvalue weighted by molar-refractivity contribution is 5.69. The molecule has 4 aliphatic rings. The smallest absolute Gasteiger partial charge is 0.317 e. The largest absolute Gasteiger partial charge is 0.480 e. The second kappa shape index (κ2) is 56.2. The lowest BCUT2D eigenvalue weighted by Gasteiger charge is -2.37. The molecule has 0 saturated carbocycles. The van der Waals surface area contributed by atoms with Crippen LogP contribution >= 0.6 is 0 Å². The molecule has 504 valence electrons. The maximum Gasteiger partial charge on any atom is 0.317 e. The van der Waals surface area contributed by atoms with E-state index in [0.717, 1.165) is 105 Å². The fourth-order valence-corrected chi connectivity index (χ4v) is 9.17. The van der Waals surface area contributed by atoms with Gasteiger partial charge in [-0.25, -0.2) is 0 Å². The van der Waals surface area contributed by atoms with Crippen molar-refractivity contribution in [1.82, 2.24) is 81.7 Å². The van der Waals surface area contributed by atoms with Crippen molar-refractivity contribution in [2.45, 2.75) is 24.3 Å². The number of carboxylic acid groups (broad SMARTS) is 2. The molecule has 0 aliphatic carbocycles. The molecular weight excluding hydrogens is 1140 g/mol. The lowest BCUT2D eigenvalue weighted by molar-refractivity contribution is -0.139. The van der Waals surface area contributed by atoms with E-state index in [1.54, 1.807) is 9.80 Å². The Morgan fingerprint density at radius 3 is 0.837 bits per heavy atom. The van der Waals surface area contributed by atoms with Gasteiger partial charge in [0.2, 0.25) is 0 Å². The van der Waals surface area contributed by atoms with Crippen LogP contribution in [0.25, 0.3) is 0 Å². The van der Waals surface area contributed by atoms with Gasteiger partial charge in [-0.1, -0.05) is 0 Å². The van der Waals surface area contributed by atoms with Crippen molar-refractivity contribution in [3.63, 3.8) is 0 Å². The van der Waals surface area contributed by atoms with Crippen LogP contribution in [-0.2, 0) is 47.7 Å². The van der Waals surface area contributed by atoms with E-state index in [4.69, 9.17) is 29.2 Å². The number of carboxylic acids is 2. The summed E-state index contributed by atoms with van der Waals surface area (Å²) in [7, 11) is 0. The summed E-state index contributed by atoms with van der Waals surface area (Å²) in [5.74, 6) is -1.85. The van der Waals surface area contributed by atoms with E-state index in [1.807, 2.05) is 29.4 Å². The molecule has 4 atom stereocenters. The van der Waals surface area contributed by atoms with Crippen LogP contribution in [0.15, 0.2) is 0 Å². The Labute approximate surface area is 507 Å². The van der Waals surface area contributed by atoms with Gasteiger partial charge < -0.3 is 102 Å². The average molecular weight is 1250 g/mol. The number of nitrogens with one attached hydrogen (secondary N) is 8. The van der Waals surface area contributed by atoms with Gasteiger partial charge in [0.05, 0.1) is 63.8 Å². The molecule has 0 bridgehead atoms. The number of hydrogen-bond acceptors (Lipinski definition) is 32. The molecule has 34 nitrogen and oxygen atoms in total. The average Bonchev–Trinajstić information content (AvgIpc) is 3.66. The Hall–Kier alpha value is -4.06. The van der Waals surface area contributed by atoms with E-state index in [2.05, 4.69) is 42.5 Å². The molecular formula is C52H108N16O18. The summed E-state index contributed by atoms with van der Waals surface area (Å²) in [4.78, 5) is 79.2. The minimum absolute atomic E-state index is 0.0244. The Morgan fingerprint density at radius 2 is 0.547 bits per heavy atom. The number of nitrogens with zero attached hydrogens (tertiary/aromatic N) is 8. The molecule has 4 fully saturated rings. The first-order chi connectivity index (χ1) is 41.9. The Morgan fingerprint density at radius 1 is 0.326 bits per heavy atom. The van der Waals surface area contributed by atoms with Crippen LogP contribution in [0.4, 0.5) is 0 Å². The van der Waals surface area contributed by atoms with Gasteiger partial charge in [-0.2, -0.15) is 0 Å². The zero-order chi connectivity index (χ0) is 63.1. The predicted molar refractivity (Wildman–Crippen MR) is 317 cm³/mol. The van der Waals surface area contributed by atoms with Crippen LogP contribution in [0.5, 0.6) is 0 Å². The fraction of sp³-hybridized carbons (Fsp3) is 0.885. The summed E-state index contributed by atoms with van der Waals surface area (Å²) in [6, 6.07) is -1.14. The molecule has 4 unspecified atom stereocenters. The van der Waals surface area contributed by atoms with Gasteiger partial charge >= 0.3 is 11.9 Å². The number of carbonyl (C=O) groups is 6. The first-order valence-electron chi connectivity index (χ1n) is 29.8. The molecule has 16 N–H and O–H groups in total. The zero-order valence-corrected chi connectivity index (χ0v) is 50.6. The molecule has 0 amide bonds. The number of hydrogen-bond donors (Lipinski definition) is 16. The highest BCUT2D eigenvalue weighted by Crippen LogP contribution is 2.09. The standard InChI is InChI=1S/C18H34N4O9.C14H26N4O6.C12H28N4O3.C8H20N4/c23-10-16(17(27)11-24)22-7-5-19(9-18(28)29)1-2-20(12-30-14-25)3-4-21(6-8-22)13-31-15-26;19-12-23-10-17-4-2-15-1-3-16(9-14(21)22)5-6-18(8-7-17)11-24-13-20;17-9-11(12(19)10-18)16-7-5-14-3-1-13-2-4-15-6-8-16;1-2-10-5-6-12-8-7-11-4-3-9-1/h14-17,23-24,27H,1-13H2,(H,28,29);12-13,15H,1-11H2,(H,21,22);11-15,17-19H,1-10H2;9-12H,1-8H2. The van der Waals surface area contributed by atoms with E-state index in [9.17, 15) is 59.4 Å². The summed E-state index contributed by atoms with van der Waals surface area (Å²) in [6.07, 6.45) is -2.07. The normalized spacial score (nSPS) is 21.7. The third kappa shape index (κ3) is 42.8. The Bertz CT molecular complexity index is 1600. The van der Waals surface area contributed by atoms with Gasteiger partial charge in [0.15, 0.2) is 0 Å². The molecule has 34 heteroatoms. The summed E-state index contributed by atoms with van der Waals surface area (Å²) in [5.41, 5.74) is 0. The van der Waals surface area contributed by atoms with E-state index >= 15 is 0 Å². The minimum atomic E-state index is -1.17. The number of aliphatic hydroxyl groups excluding tert-OH is 6. The monoisotopic (exact) mass is 1240 g/mol. The molecule has 4 heterocycles. The molecule has 4 saturated heterocycles. The third-order valence-electron chi connectivity index (χ3n) is 14.2. The molecule has 4 rings (SSSR count). The van der Waals surface area contributed by atoms with Crippen molar-refractivity contribution in [3.05, 3.63) is 0 Å². The van der Waals surface area contributed by atoms with Gasteiger partial charge in [0, 0.05) is 209 Å². The van der Waals surface area contributed by atoms with E-state index in [0.29, 0.717) is 131 Å². The van der Waals surface area contributed by atoms with Crippen molar-refractivity contribution in [3.8, 4) is 0 Å². The van der Waals surface area contributed by atoms with Crippen molar-refractivity contribution >= 4 is 37.8 Å². The first kappa shape index (κ1) is 80.0. The van der Waals surface area contributed by atoms with Crippen LogP contribution in [0, 0.1) is 0 Å². The third-order valence-corrected chi connectivity index (χ3v) is 14.2. The zero-order valence-electron chi connectivity index (χ0n) is 50.6. The molecule has 0 aromatic heterocycles. The second-order valence-electron chi connectivity index (χ2n) is 20.5. The number of ether oxygens (including phenoxy) is 4. The van der Waals surface area contributed by atoms with Crippen LogP contribution in [0.1, 0.15) is 0 Å². The number of aliphatic carboxylic acids is 2. The van der Waals surface area contributed by atoms with Crippen molar-refractivity contribution in [2.24, 2.45) is 0 Å². The predicted octanol–water partition coefficient (Wildman–Crippen LogP) is -10.7. The molecule has 0 aromatic carbocycles. The summed E-state index contributed by atoms with van der Waals surface area (Å²) >= 11 is 0. The Kier molecular flexibility index (Phi) is 52.2. The Balaban J connectivity index is 0.000000600. The number of carbonyl (C=O) groups excluding carboxylic acids is 4. The van der Waals surface area contributed by atoms with Gasteiger partial charge in [-0.05, 0) is 0 Å². The SMILES string of the molecule is C1CNCCNCCNCCN1.O=COCN1CCN(COC=O)CCN(C(CO)C(O)CO)CCN(CC(=O)O)CC1.O=COCN1CCNCCN(CC(=O)O)CCN(COC=O)CC1.OCC(O)C(CO)N1CCNCCNCCNCC1. The van der Waals surface area contributed by atoms with Crippen molar-refractivity contribution < 1.29 is 88.6 Å². The van der Waals surface area contributed by atoms with Crippen LogP contribution in [-0.4, -0.2) is 418 Å². The van der Waals surface area contributed by atoms with Crippen LogP contribution in [0.3, 0.4) is 0 Å². The van der Waals surface area contributed by atoms with Gasteiger partial charge in [-0.3, -0.25) is 68.0 Å². The van der Waals surface area contributed by atoms with E-state index in [-0.39, 0.29) is 59.8 Å². The van der Waals surface area contributed by atoms with Gasteiger partial charge in [0.1, 0.15) is 26.9 Å². The molecule has 86 heavy (non-hydrogen) atoms. The topological polar surface area (TPSA) is 423 Å². The number of aliphatic hydroxyl groups is 6. The maximum atomic E-state index is 11.3. The molecule has 0 radical (unpaired) electrons. The van der Waals surface area contributed by atoms with Crippen molar-refractivity contribution in [1.29, 1.82) is 0 Å². The summed E-state index contributed by atoms with van der Waals surface area (Å²) in [6.45, 7) is 23.9. The second-order valence-corrected chi connectivity index (χ2v) is 20.5. The van der Waals surface area contributed by atoms with E-state index in [1.165, 1.54) is 0 Å². The lowest BCUT2D eigenvalue weighted by Crippen LogP contribution is -2.54. The van der Waals surface area contributed by atoms with Gasteiger partial charge in [-0.15, -0.1) is 0 Å². The van der Waals surface area contributed by atoms with E-state index < -0.39 is 42.8 Å². The highest BCUT2D eigenvalue weighted by Gasteiger charge is 2.28. The molecule has 0 spiro atoms. The van der Waals surface area contributed by atoms with Gasteiger partial charge in [0.25, 0.3) is 25.9 Å². The first-order valence-corrected chi connectivity index (χ1v) is 29.8. The van der Waals surface area contributed by atoms with Crippen LogP contribution < -0.4 is 42.5 Å². The number of rotatable bonds is 24. The summed E-state index contributed by atoms with van der Waals surface area (Å²) < 4.78 is 19.4. The molecule has 0 aromatic rings. The maximum absolute atomic E-state index is 11.3. The molecule has 4 aliphatic heterocycles. The summed E-state index contributed by atoms with van der Waals surface area (Å²) in [5, 5.41) is 102. The lowest BCUT2D eigenvalue weighted by atomic mass is 10.1. The fourth-order valence-electron chi connectivity index (χ4n) is 9.17. The minimum Gasteiger partial charge on any atom is -0.480 e. The highest BCUT2D eigenvalue weighted by atomic mass is 16.5.